The number of rotatable bonds is 1. The van der Waals surface area contributed by atoms with E-state index in [9.17, 15) is 14.4 Å². The van der Waals surface area contributed by atoms with Gasteiger partial charge in [0.1, 0.15) is 18.0 Å². The van der Waals surface area contributed by atoms with Gasteiger partial charge in [-0.15, -0.1) is 0 Å². The van der Waals surface area contributed by atoms with E-state index in [1.165, 1.54) is 4.90 Å². The molecular weight excluding hydrogens is 338 g/mol. The molecule has 0 bridgehead atoms. The number of nitrogens with zero attached hydrogens (tertiary/aromatic N) is 2. The maximum atomic E-state index is 12.4. The minimum absolute atomic E-state index is 0.169. The van der Waals surface area contributed by atoms with E-state index >= 15 is 0 Å². The number of fused-ring (bicyclic) bond motifs is 1. The molecule has 8 nitrogen and oxygen atoms in total. The van der Waals surface area contributed by atoms with Gasteiger partial charge in [-0.1, -0.05) is 0 Å². The first-order valence-electron chi connectivity index (χ1n) is 8.35. The Hall–Kier alpha value is -2.90. The van der Waals surface area contributed by atoms with Gasteiger partial charge in [0.05, 0.1) is 18.7 Å². The molecule has 2 amide bonds. The van der Waals surface area contributed by atoms with Crippen molar-refractivity contribution < 1.29 is 23.9 Å². The molecule has 0 aromatic heterocycles. The predicted molar refractivity (Wildman–Crippen MR) is 93.1 cm³/mol. The molecule has 8 heteroatoms. The van der Waals surface area contributed by atoms with E-state index < -0.39 is 11.7 Å². The van der Waals surface area contributed by atoms with Gasteiger partial charge in [-0.3, -0.25) is 14.7 Å². The number of ether oxygens (including phenoxy) is 2. The van der Waals surface area contributed by atoms with Crippen LogP contribution >= 0.6 is 0 Å². The summed E-state index contributed by atoms with van der Waals surface area (Å²) in [5.74, 6) is -0.325. The molecule has 1 N–H and O–H groups in total. The number of cyclic esters (lactones) is 1. The molecule has 0 unspecified atom stereocenters. The molecule has 1 aromatic carbocycles. The van der Waals surface area contributed by atoms with E-state index in [2.05, 4.69) is 10.3 Å². The van der Waals surface area contributed by atoms with Crippen molar-refractivity contribution in [1.82, 2.24) is 10.2 Å². The summed E-state index contributed by atoms with van der Waals surface area (Å²) in [6.07, 6.45) is -0.438. The second-order valence-corrected chi connectivity index (χ2v) is 7.13. The average Bonchev–Trinajstić information content (AvgIpc) is 2.94. The summed E-state index contributed by atoms with van der Waals surface area (Å²) in [5.41, 5.74) is 0.981. The summed E-state index contributed by atoms with van der Waals surface area (Å²) in [6, 6.07) is 4.77. The predicted octanol–water partition coefficient (Wildman–Crippen LogP) is 1.74. The third-order valence-electron chi connectivity index (χ3n) is 3.87. The lowest BCUT2D eigenvalue weighted by Crippen LogP contribution is -2.48. The Morgan fingerprint density at radius 1 is 1.31 bits per heavy atom. The maximum absolute atomic E-state index is 12.4. The Bertz CT molecular complexity index is 795. The van der Waals surface area contributed by atoms with Crippen LogP contribution in [0.1, 0.15) is 47.1 Å². The first kappa shape index (κ1) is 17.9. The summed E-state index contributed by atoms with van der Waals surface area (Å²) in [7, 11) is 0. The zero-order chi connectivity index (χ0) is 18.9. The smallest absolute Gasteiger partial charge is 0.410 e. The van der Waals surface area contributed by atoms with Crippen LogP contribution in [-0.2, 0) is 16.1 Å². The highest BCUT2D eigenvalue weighted by Gasteiger charge is 2.26. The quantitative estimate of drug-likeness (QED) is 0.770. The van der Waals surface area contributed by atoms with E-state index in [-0.39, 0.29) is 25.0 Å². The molecule has 138 valence electrons. The Morgan fingerprint density at radius 2 is 2.08 bits per heavy atom. The van der Waals surface area contributed by atoms with Crippen molar-refractivity contribution in [2.75, 3.05) is 19.6 Å². The van der Waals surface area contributed by atoms with Crippen LogP contribution in [0.5, 0.6) is 0 Å². The number of amidine groups is 1. The lowest BCUT2D eigenvalue weighted by atomic mass is 10.1. The van der Waals surface area contributed by atoms with E-state index in [4.69, 9.17) is 9.47 Å². The number of carbonyl (C=O) groups excluding carboxylic acids is 3. The lowest BCUT2D eigenvalue weighted by Gasteiger charge is -2.29. The van der Waals surface area contributed by atoms with Gasteiger partial charge >= 0.3 is 12.1 Å². The van der Waals surface area contributed by atoms with Crippen LogP contribution in [0.2, 0.25) is 0 Å². The molecule has 0 spiro atoms. The van der Waals surface area contributed by atoms with E-state index in [1.807, 2.05) is 0 Å². The van der Waals surface area contributed by atoms with Crippen LogP contribution < -0.4 is 5.32 Å². The molecule has 0 saturated heterocycles. The number of hydrogen-bond acceptors (Lipinski definition) is 6. The van der Waals surface area contributed by atoms with Crippen LogP contribution in [0, 0.1) is 0 Å². The highest BCUT2D eigenvalue weighted by atomic mass is 16.6. The number of aliphatic imine (C=N–C) groups is 1. The van der Waals surface area contributed by atoms with Gasteiger partial charge in [-0.25, -0.2) is 9.59 Å². The van der Waals surface area contributed by atoms with Gasteiger partial charge in [-0.05, 0) is 39.0 Å². The number of benzene rings is 1. The molecule has 2 aliphatic rings. The standard InChI is InChI=1S/C18H21N3O5/c1-18(2,3)26-17(24)21-7-6-19-14(9-21)20-15(22)11-4-5-13-12(8-11)10-25-16(13)23/h4-5,8H,6-7,9-10H2,1-3H3,(H,19,20,22). The second kappa shape index (κ2) is 6.78. The van der Waals surface area contributed by atoms with Gasteiger partial charge in [-0.2, -0.15) is 0 Å². The van der Waals surface area contributed by atoms with Crippen molar-refractivity contribution in [3.8, 4) is 0 Å². The van der Waals surface area contributed by atoms with Gasteiger partial charge in [0.15, 0.2) is 0 Å². The number of nitrogens with one attached hydrogen (secondary N) is 1. The summed E-state index contributed by atoms with van der Waals surface area (Å²) in [6.45, 7) is 6.57. The number of carbonyl (C=O) groups is 3. The number of hydrogen-bond donors (Lipinski definition) is 1. The fraction of sp³-hybridized carbons (Fsp3) is 0.444. The Morgan fingerprint density at radius 3 is 2.81 bits per heavy atom. The molecule has 26 heavy (non-hydrogen) atoms. The Labute approximate surface area is 151 Å². The van der Waals surface area contributed by atoms with Crippen LogP contribution in [0.4, 0.5) is 4.79 Å². The SMILES string of the molecule is CC(C)(C)OC(=O)N1CCN=C(NC(=O)c2ccc3c(c2)COC3=O)C1. The zero-order valence-corrected chi connectivity index (χ0v) is 15.0. The molecule has 3 rings (SSSR count). The van der Waals surface area contributed by atoms with Crippen LogP contribution in [0.15, 0.2) is 23.2 Å². The van der Waals surface area contributed by atoms with Gasteiger partial charge in [0.2, 0.25) is 0 Å². The van der Waals surface area contributed by atoms with Crippen molar-refractivity contribution in [3.63, 3.8) is 0 Å². The average molecular weight is 359 g/mol. The number of esters is 1. The fourth-order valence-electron chi connectivity index (χ4n) is 2.65. The largest absolute Gasteiger partial charge is 0.457 e. The lowest BCUT2D eigenvalue weighted by molar-refractivity contribution is 0.0275. The Kier molecular flexibility index (Phi) is 4.67. The van der Waals surface area contributed by atoms with Gasteiger partial charge < -0.3 is 14.8 Å². The Balaban J connectivity index is 1.64. The van der Waals surface area contributed by atoms with E-state index in [0.717, 1.165) is 0 Å². The van der Waals surface area contributed by atoms with Gasteiger partial charge in [0, 0.05) is 17.7 Å². The summed E-state index contributed by atoms with van der Waals surface area (Å²) in [5, 5.41) is 2.72. The molecule has 1 aromatic rings. The maximum Gasteiger partial charge on any atom is 0.410 e. The number of amides is 2. The van der Waals surface area contributed by atoms with Crippen molar-refractivity contribution >= 4 is 23.8 Å². The molecule has 0 aliphatic carbocycles. The van der Waals surface area contributed by atoms with Crippen molar-refractivity contribution in [2.24, 2.45) is 4.99 Å². The highest BCUT2D eigenvalue weighted by molar-refractivity contribution is 6.08. The minimum Gasteiger partial charge on any atom is -0.457 e. The summed E-state index contributed by atoms with van der Waals surface area (Å²) in [4.78, 5) is 41.9. The molecular formula is C18H21N3O5. The van der Waals surface area contributed by atoms with E-state index in [0.29, 0.717) is 35.6 Å². The van der Waals surface area contributed by atoms with Crippen LogP contribution in [0.25, 0.3) is 0 Å². The van der Waals surface area contributed by atoms with Crippen molar-refractivity contribution in [1.29, 1.82) is 0 Å². The van der Waals surface area contributed by atoms with Gasteiger partial charge in [0.25, 0.3) is 5.91 Å². The molecule has 0 atom stereocenters. The monoisotopic (exact) mass is 359 g/mol. The topological polar surface area (TPSA) is 97.3 Å². The van der Waals surface area contributed by atoms with Crippen molar-refractivity contribution in [2.45, 2.75) is 33.0 Å². The highest BCUT2D eigenvalue weighted by Crippen LogP contribution is 2.21. The van der Waals surface area contributed by atoms with Crippen LogP contribution in [-0.4, -0.2) is 53.9 Å². The van der Waals surface area contributed by atoms with Crippen LogP contribution in [0.3, 0.4) is 0 Å². The molecule has 0 fully saturated rings. The first-order valence-corrected chi connectivity index (χ1v) is 8.35. The molecule has 2 aliphatic heterocycles. The minimum atomic E-state index is -0.584. The summed E-state index contributed by atoms with van der Waals surface area (Å²) < 4.78 is 10.3. The normalized spacial score (nSPS) is 16.5. The van der Waals surface area contributed by atoms with Crippen molar-refractivity contribution in [3.05, 3.63) is 34.9 Å². The first-order chi connectivity index (χ1) is 12.2. The second-order valence-electron chi connectivity index (χ2n) is 7.13. The molecule has 0 saturated carbocycles. The molecule has 2 heterocycles. The zero-order valence-electron chi connectivity index (χ0n) is 15.0. The third-order valence-corrected chi connectivity index (χ3v) is 3.87. The fourth-order valence-corrected chi connectivity index (χ4v) is 2.65. The molecule has 0 radical (unpaired) electrons. The van der Waals surface area contributed by atoms with E-state index in [1.54, 1.807) is 39.0 Å². The summed E-state index contributed by atoms with van der Waals surface area (Å²) >= 11 is 0. The third kappa shape index (κ3) is 4.01.